The van der Waals surface area contributed by atoms with Crippen LogP contribution in [0.3, 0.4) is 0 Å². The summed E-state index contributed by atoms with van der Waals surface area (Å²) in [5.41, 5.74) is 2.10. The molecular formula is C18H20N2O4. The highest BCUT2D eigenvalue weighted by molar-refractivity contribution is 5.95. The van der Waals surface area contributed by atoms with Crippen molar-refractivity contribution in [1.82, 2.24) is 0 Å². The Balaban J connectivity index is 1.80. The first-order valence-corrected chi connectivity index (χ1v) is 7.83. The molecule has 0 aliphatic carbocycles. The van der Waals surface area contributed by atoms with Crippen LogP contribution in [0.4, 0.5) is 5.69 Å². The zero-order valence-corrected chi connectivity index (χ0v) is 13.5. The molecule has 1 aromatic heterocycles. The Morgan fingerprint density at radius 2 is 1.79 bits per heavy atom. The fourth-order valence-corrected chi connectivity index (χ4v) is 2.10. The minimum Gasteiger partial charge on any atom is -0.619 e. The smallest absolute Gasteiger partial charge is 0.339 e. The van der Waals surface area contributed by atoms with Crippen LogP contribution in [-0.2, 0) is 16.0 Å². The van der Waals surface area contributed by atoms with Crippen LogP contribution < -0.4 is 10.0 Å². The summed E-state index contributed by atoms with van der Waals surface area (Å²) in [4.78, 5) is 23.6. The van der Waals surface area contributed by atoms with E-state index in [9.17, 15) is 14.8 Å². The Morgan fingerprint density at radius 3 is 2.42 bits per heavy atom. The molecular weight excluding hydrogens is 308 g/mol. The summed E-state index contributed by atoms with van der Waals surface area (Å²) in [6, 6.07) is 10.3. The van der Waals surface area contributed by atoms with Crippen LogP contribution in [0.25, 0.3) is 0 Å². The van der Waals surface area contributed by atoms with E-state index in [0.29, 0.717) is 10.4 Å². The van der Waals surface area contributed by atoms with E-state index in [4.69, 9.17) is 4.74 Å². The summed E-state index contributed by atoms with van der Waals surface area (Å²) in [6.07, 6.45) is 5.67. The second-order valence-corrected chi connectivity index (χ2v) is 5.37. The molecule has 0 unspecified atom stereocenters. The van der Waals surface area contributed by atoms with Gasteiger partial charge in [0.05, 0.1) is 5.56 Å². The van der Waals surface area contributed by atoms with Gasteiger partial charge in [-0.05, 0) is 30.5 Å². The van der Waals surface area contributed by atoms with E-state index in [1.54, 1.807) is 0 Å². The van der Waals surface area contributed by atoms with Crippen LogP contribution >= 0.6 is 0 Å². The topological polar surface area (TPSA) is 82.3 Å². The second-order valence-electron chi connectivity index (χ2n) is 5.37. The third-order valence-electron chi connectivity index (χ3n) is 3.43. The number of nitrogens with one attached hydrogen (secondary N) is 1. The van der Waals surface area contributed by atoms with Gasteiger partial charge >= 0.3 is 5.97 Å². The minimum absolute atomic E-state index is 0.218. The van der Waals surface area contributed by atoms with E-state index < -0.39 is 11.9 Å². The van der Waals surface area contributed by atoms with Crippen molar-refractivity contribution in [2.24, 2.45) is 0 Å². The molecule has 126 valence electrons. The number of pyridine rings is 1. The molecule has 6 nitrogen and oxygen atoms in total. The van der Waals surface area contributed by atoms with Gasteiger partial charge in [0.1, 0.15) is 0 Å². The third-order valence-corrected chi connectivity index (χ3v) is 3.43. The number of hydrogen-bond donors (Lipinski definition) is 1. The lowest BCUT2D eigenvalue weighted by molar-refractivity contribution is -0.605. The average molecular weight is 328 g/mol. The number of carbonyl (C=O) groups is 2. The highest BCUT2D eigenvalue weighted by atomic mass is 16.5. The van der Waals surface area contributed by atoms with Gasteiger partial charge in [0.25, 0.3) is 5.91 Å². The van der Waals surface area contributed by atoms with Gasteiger partial charge in [0.15, 0.2) is 19.0 Å². The van der Waals surface area contributed by atoms with Crippen molar-refractivity contribution >= 4 is 17.6 Å². The number of aromatic nitrogens is 1. The Kier molecular flexibility index (Phi) is 6.31. The first-order valence-electron chi connectivity index (χ1n) is 7.83. The summed E-state index contributed by atoms with van der Waals surface area (Å²) in [7, 11) is 0. The van der Waals surface area contributed by atoms with Gasteiger partial charge in [0.2, 0.25) is 0 Å². The van der Waals surface area contributed by atoms with Crippen LogP contribution in [0, 0.1) is 5.21 Å². The lowest BCUT2D eigenvalue weighted by Gasteiger charge is -2.07. The number of rotatable bonds is 7. The molecule has 6 heteroatoms. The molecule has 1 N–H and O–H groups in total. The highest BCUT2D eigenvalue weighted by Gasteiger charge is 2.11. The zero-order chi connectivity index (χ0) is 17.4. The maximum atomic E-state index is 11.8. The number of amides is 1. The van der Waals surface area contributed by atoms with Crippen molar-refractivity contribution in [3.8, 4) is 0 Å². The van der Waals surface area contributed by atoms with E-state index in [1.165, 1.54) is 30.1 Å². The maximum absolute atomic E-state index is 11.8. The minimum atomic E-state index is -0.652. The van der Waals surface area contributed by atoms with Gasteiger partial charge < -0.3 is 15.3 Å². The van der Waals surface area contributed by atoms with Crippen LogP contribution in [0.5, 0.6) is 0 Å². The molecule has 0 aliphatic rings. The first kappa shape index (κ1) is 17.5. The molecule has 0 atom stereocenters. The van der Waals surface area contributed by atoms with E-state index in [1.807, 2.05) is 24.3 Å². The van der Waals surface area contributed by atoms with Crippen LogP contribution in [-0.4, -0.2) is 18.5 Å². The number of benzene rings is 1. The van der Waals surface area contributed by atoms with Crippen molar-refractivity contribution in [3.63, 3.8) is 0 Å². The Morgan fingerprint density at radius 1 is 1.12 bits per heavy atom. The number of unbranched alkanes of at least 4 members (excludes halogenated alkanes) is 1. The predicted molar refractivity (Wildman–Crippen MR) is 89.4 cm³/mol. The fourth-order valence-electron chi connectivity index (χ4n) is 2.10. The number of hydrogen-bond acceptors (Lipinski definition) is 4. The van der Waals surface area contributed by atoms with Gasteiger partial charge in [-0.15, -0.1) is 0 Å². The van der Waals surface area contributed by atoms with Gasteiger partial charge in [0, 0.05) is 17.8 Å². The van der Waals surface area contributed by atoms with Gasteiger partial charge in [-0.25, -0.2) is 4.79 Å². The summed E-state index contributed by atoms with van der Waals surface area (Å²) in [6.45, 7) is 1.76. The fraction of sp³-hybridized carbons (Fsp3) is 0.278. The van der Waals surface area contributed by atoms with Crippen LogP contribution in [0.1, 0.15) is 35.7 Å². The normalized spacial score (nSPS) is 10.2. The molecule has 0 bridgehead atoms. The molecule has 1 heterocycles. The Hall–Kier alpha value is -2.89. The standard InChI is InChI=1S/C18H20N2O4/c1-2-3-4-14-5-7-16(8-6-14)19-17(21)13-24-18(22)15-9-11-20(23)12-10-15/h5-12H,2-4,13H2,1H3,(H,19,21). The molecule has 2 aromatic rings. The summed E-state index contributed by atoms with van der Waals surface area (Å²) < 4.78 is 5.48. The van der Waals surface area contributed by atoms with Crippen LogP contribution in [0.2, 0.25) is 0 Å². The summed E-state index contributed by atoms with van der Waals surface area (Å²) in [5.74, 6) is -1.07. The zero-order valence-electron chi connectivity index (χ0n) is 13.5. The predicted octanol–water partition coefficient (Wildman–Crippen LogP) is 2.46. The van der Waals surface area contributed by atoms with Crippen molar-refractivity contribution in [2.75, 3.05) is 11.9 Å². The number of anilines is 1. The monoisotopic (exact) mass is 328 g/mol. The van der Waals surface area contributed by atoms with E-state index in [0.717, 1.165) is 19.3 Å². The van der Waals surface area contributed by atoms with Crippen molar-refractivity contribution in [3.05, 3.63) is 65.1 Å². The average Bonchev–Trinajstić information content (AvgIpc) is 2.59. The highest BCUT2D eigenvalue weighted by Crippen LogP contribution is 2.11. The number of aryl methyl sites for hydroxylation is 1. The van der Waals surface area contributed by atoms with E-state index >= 15 is 0 Å². The molecule has 0 aliphatic heterocycles. The number of ether oxygens (including phenoxy) is 1. The largest absolute Gasteiger partial charge is 0.619 e. The van der Waals surface area contributed by atoms with E-state index in [2.05, 4.69) is 12.2 Å². The van der Waals surface area contributed by atoms with Crippen LogP contribution in [0.15, 0.2) is 48.8 Å². The summed E-state index contributed by atoms with van der Waals surface area (Å²) in [5, 5.41) is 13.6. The molecule has 0 spiro atoms. The number of nitrogens with zero attached hydrogens (tertiary/aromatic N) is 1. The third kappa shape index (κ3) is 5.39. The molecule has 0 fully saturated rings. The van der Waals surface area contributed by atoms with Gasteiger partial charge in [-0.3, -0.25) is 4.79 Å². The molecule has 2 rings (SSSR count). The Bertz CT molecular complexity index is 681. The second kappa shape index (κ2) is 8.67. The SMILES string of the molecule is CCCCc1ccc(NC(=O)COC(=O)c2cc[n+]([O-])cc2)cc1. The van der Waals surface area contributed by atoms with Gasteiger partial charge in [-0.1, -0.05) is 25.5 Å². The summed E-state index contributed by atoms with van der Waals surface area (Å²) >= 11 is 0. The van der Waals surface area contributed by atoms with Crippen molar-refractivity contribution in [2.45, 2.75) is 26.2 Å². The van der Waals surface area contributed by atoms with Crippen molar-refractivity contribution < 1.29 is 19.1 Å². The Labute approximate surface area is 140 Å². The van der Waals surface area contributed by atoms with E-state index in [-0.39, 0.29) is 12.2 Å². The van der Waals surface area contributed by atoms with Crippen molar-refractivity contribution in [1.29, 1.82) is 0 Å². The quantitative estimate of drug-likeness (QED) is 0.481. The molecule has 0 saturated heterocycles. The molecule has 24 heavy (non-hydrogen) atoms. The maximum Gasteiger partial charge on any atom is 0.339 e. The number of esters is 1. The molecule has 0 saturated carbocycles. The first-order chi connectivity index (χ1) is 11.6. The lowest BCUT2D eigenvalue weighted by atomic mass is 10.1. The lowest BCUT2D eigenvalue weighted by Crippen LogP contribution is -2.25. The number of carbonyl (C=O) groups excluding carboxylic acids is 2. The molecule has 1 amide bonds. The molecule has 1 aromatic carbocycles. The van der Waals surface area contributed by atoms with Gasteiger partial charge in [-0.2, -0.15) is 4.73 Å². The molecule has 0 radical (unpaired) electrons.